The summed E-state index contributed by atoms with van der Waals surface area (Å²) >= 11 is 0. The largest absolute Gasteiger partial charge is 0.360 e. The average molecular weight is 367 g/mol. The Morgan fingerprint density at radius 2 is 2.00 bits per heavy atom. The monoisotopic (exact) mass is 367 g/mol. The maximum absolute atomic E-state index is 13.4. The van der Waals surface area contributed by atoms with Crippen molar-refractivity contribution >= 4 is 11.8 Å². The SMILES string of the molecule is CCCN1C(=O)[C@@H]2CC[C@H]1CN(C(=O)c1c(-c3ccccc3)noc1C)C2. The molecule has 0 radical (unpaired) electrons. The normalized spacial score (nSPS) is 22.2. The molecule has 3 aliphatic rings. The van der Waals surface area contributed by atoms with Crippen molar-refractivity contribution in [2.24, 2.45) is 5.92 Å². The fourth-order valence-electron chi connectivity index (χ4n) is 4.32. The maximum Gasteiger partial charge on any atom is 0.259 e. The fraction of sp³-hybridized carbons (Fsp3) is 0.476. The molecule has 2 amide bonds. The highest BCUT2D eigenvalue weighted by Crippen LogP contribution is 2.32. The number of hydrogen-bond donors (Lipinski definition) is 0. The van der Waals surface area contributed by atoms with E-state index in [9.17, 15) is 9.59 Å². The second-order valence-electron chi connectivity index (χ2n) is 7.50. The van der Waals surface area contributed by atoms with Gasteiger partial charge in [0.15, 0.2) is 0 Å². The van der Waals surface area contributed by atoms with Gasteiger partial charge in [0.25, 0.3) is 5.91 Å². The van der Waals surface area contributed by atoms with E-state index in [0.29, 0.717) is 30.1 Å². The van der Waals surface area contributed by atoms with Crippen LogP contribution < -0.4 is 0 Å². The molecule has 3 saturated heterocycles. The lowest BCUT2D eigenvalue weighted by molar-refractivity contribution is -0.139. The van der Waals surface area contributed by atoms with Gasteiger partial charge in [0.1, 0.15) is 17.0 Å². The molecule has 2 atom stereocenters. The Hall–Kier alpha value is -2.63. The summed E-state index contributed by atoms with van der Waals surface area (Å²) in [6, 6.07) is 9.72. The summed E-state index contributed by atoms with van der Waals surface area (Å²) in [5.41, 5.74) is 1.95. The van der Waals surface area contributed by atoms with Gasteiger partial charge in [-0.2, -0.15) is 0 Å². The van der Waals surface area contributed by atoms with Crippen LogP contribution in [-0.4, -0.2) is 52.4 Å². The van der Waals surface area contributed by atoms with Crippen LogP contribution in [0.5, 0.6) is 0 Å². The van der Waals surface area contributed by atoms with Crippen molar-refractivity contribution in [3.05, 3.63) is 41.7 Å². The molecule has 1 aromatic heterocycles. The number of carbonyl (C=O) groups excluding carboxylic acids is 2. The standard InChI is InChI=1S/C21H25N3O3/c1-3-11-24-17-10-9-16(20(24)25)12-23(13-17)21(26)18-14(2)27-22-19(18)15-7-5-4-6-8-15/h4-8,16-17H,3,9-13H2,1-2H3/t16-,17+/m1/s1. The first-order valence-corrected chi connectivity index (χ1v) is 9.71. The zero-order valence-corrected chi connectivity index (χ0v) is 15.9. The number of fused-ring (bicyclic) bond motifs is 4. The molecule has 1 aromatic carbocycles. The minimum absolute atomic E-state index is 0.0874. The molecule has 6 nitrogen and oxygen atoms in total. The molecule has 0 N–H and O–H groups in total. The third-order valence-electron chi connectivity index (χ3n) is 5.67. The van der Waals surface area contributed by atoms with Gasteiger partial charge in [-0.3, -0.25) is 9.59 Å². The summed E-state index contributed by atoms with van der Waals surface area (Å²) in [6.45, 7) is 5.69. The van der Waals surface area contributed by atoms with Gasteiger partial charge in [-0.25, -0.2) is 0 Å². The van der Waals surface area contributed by atoms with Crippen molar-refractivity contribution in [1.82, 2.24) is 15.0 Å². The van der Waals surface area contributed by atoms with Crippen molar-refractivity contribution < 1.29 is 14.1 Å². The van der Waals surface area contributed by atoms with E-state index in [2.05, 4.69) is 12.1 Å². The van der Waals surface area contributed by atoms with E-state index in [4.69, 9.17) is 4.52 Å². The van der Waals surface area contributed by atoms with E-state index in [1.165, 1.54) is 0 Å². The lowest BCUT2D eigenvalue weighted by Crippen LogP contribution is -2.48. The topological polar surface area (TPSA) is 66.7 Å². The van der Waals surface area contributed by atoms with Crippen LogP contribution in [0.1, 0.15) is 42.3 Å². The summed E-state index contributed by atoms with van der Waals surface area (Å²) in [5.74, 6) is 0.538. The zero-order valence-electron chi connectivity index (χ0n) is 15.9. The van der Waals surface area contributed by atoms with Crippen molar-refractivity contribution in [2.75, 3.05) is 19.6 Å². The molecule has 3 fully saturated rings. The number of amides is 2. The number of carbonyl (C=O) groups is 2. The van der Waals surface area contributed by atoms with Crippen LogP contribution >= 0.6 is 0 Å². The fourth-order valence-corrected chi connectivity index (χ4v) is 4.32. The van der Waals surface area contributed by atoms with Gasteiger partial charge in [-0.05, 0) is 26.2 Å². The first-order chi connectivity index (χ1) is 13.1. The van der Waals surface area contributed by atoms with E-state index in [0.717, 1.165) is 31.4 Å². The average Bonchev–Trinajstić information content (AvgIpc) is 2.87. The minimum atomic E-state index is -0.0976. The number of aromatic nitrogens is 1. The Morgan fingerprint density at radius 3 is 2.74 bits per heavy atom. The predicted molar refractivity (Wildman–Crippen MR) is 101 cm³/mol. The van der Waals surface area contributed by atoms with E-state index in [1.807, 2.05) is 40.1 Å². The quantitative estimate of drug-likeness (QED) is 0.833. The summed E-state index contributed by atoms with van der Waals surface area (Å²) in [5, 5.41) is 4.14. The van der Waals surface area contributed by atoms with Crippen LogP contribution in [0.2, 0.25) is 0 Å². The first-order valence-electron chi connectivity index (χ1n) is 9.71. The first kappa shape index (κ1) is 17.8. The molecule has 5 rings (SSSR count). The zero-order chi connectivity index (χ0) is 19.0. The van der Waals surface area contributed by atoms with Gasteiger partial charge < -0.3 is 14.3 Å². The van der Waals surface area contributed by atoms with Crippen LogP contribution in [0, 0.1) is 12.8 Å². The molecular weight excluding hydrogens is 342 g/mol. The Labute approximate surface area is 159 Å². The molecular formula is C21H25N3O3. The van der Waals surface area contributed by atoms with E-state index >= 15 is 0 Å². The molecule has 0 unspecified atom stereocenters. The van der Waals surface area contributed by atoms with Crippen LogP contribution in [0.25, 0.3) is 11.3 Å². The molecule has 142 valence electrons. The van der Waals surface area contributed by atoms with E-state index in [1.54, 1.807) is 6.92 Å². The summed E-state index contributed by atoms with van der Waals surface area (Å²) in [6.07, 6.45) is 2.77. The molecule has 0 saturated carbocycles. The lowest BCUT2D eigenvalue weighted by Gasteiger charge is -2.35. The Bertz CT molecular complexity index is 846. The number of piperidine rings is 1. The van der Waals surface area contributed by atoms with Crippen LogP contribution in [0.15, 0.2) is 34.9 Å². The highest BCUT2D eigenvalue weighted by atomic mass is 16.5. The van der Waals surface area contributed by atoms with Crippen LogP contribution in [0.3, 0.4) is 0 Å². The second kappa shape index (κ2) is 7.18. The van der Waals surface area contributed by atoms with Crippen LogP contribution in [0.4, 0.5) is 0 Å². The summed E-state index contributed by atoms with van der Waals surface area (Å²) < 4.78 is 5.37. The highest BCUT2D eigenvalue weighted by molar-refractivity contribution is 6.01. The Balaban J connectivity index is 1.65. The van der Waals surface area contributed by atoms with Crippen molar-refractivity contribution in [3.63, 3.8) is 0 Å². The molecule has 2 bridgehead atoms. The number of rotatable bonds is 4. The minimum Gasteiger partial charge on any atom is -0.360 e. The summed E-state index contributed by atoms with van der Waals surface area (Å²) in [4.78, 5) is 30.0. The van der Waals surface area contributed by atoms with E-state index in [-0.39, 0.29) is 23.8 Å². The smallest absolute Gasteiger partial charge is 0.259 e. The lowest BCUT2D eigenvalue weighted by atomic mass is 9.94. The molecule has 0 spiro atoms. The van der Waals surface area contributed by atoms with Gasteiger partial charge in [-0.15, -0.1) is 0 Å². The second-order valence-corrected chi connectivity index (χ2v) is 7.50. The van der Waals surface area contributed by atoms with Gasteiger partial charge >= 0.3 is 0 Å². The molecule has 3 aliphatic heterocycles. The van der Waals surface area contributed by atoms with Gasteiger partial charge in [-0.1, -0.05) is 42.4 Å². The highest BCUT2D eigenvalue weighted by Gasteiger charge is 2.42. The van der Waals surface area contributed by atoms with Crippen molar-refractivity contribution in [2.45, 2.75) is 39.2 Å². The number of nitrogens with zero attached hydrogens (tertiary/aromatic N) is 3. The molecule has 4 heterocycles. The Morgan fingerprint density at radius 1 is 1.22 bits per heavy atom. The molecule has 6 heteroatoms. The van der Waals surface area contributed by atoms with Crippen LogP contribution in [-0.2, 0) is 4.79 Å². The maximum atomic E-state index is 13.4. The number of hydrogen-bond acceptors (Lipinski definition) is 4. The number of benzene rings is 1. The summed E-state index contributed by atoms with van der Waals surface area (Å²) in [7, 11) is 0. The van der Waals surface area contributed by atoms with Gasteiger partial charge in [0.2, 0.25) is 5.91 Å². The molecule has 27 heavy (non-hydrogen) atoms. The number of aryl methyl sites for hydroxylation is 1. The third-order valence-corrected chi connectivity index (χ3v) is 5.67. The van der Waals surface area contributed by atoms with Crippen molar-refractivity contribution in [3.8, 4) is 11.3 Å². The molecule has 0 aliphatic carbocycles. The predicted octanol–water partition coefficient (Wildman–Crippen LogP) is 3.12. The van der Waals surface area contributed by atoms with Crippen molar-refractivity contribution in [1.29, 1.82) is 0 Å². The van der Waals surface area contributed by atoms with E-state index < -0.39 is 0 Å². The Kier molecular flexibility index (Phi) is 4.72. The van der Waals surface area contributed by atoms with Gasteiger partial charge in [0.05, 0.1) is 5.92 Å². The third kappa shape index (κ3) is 3.13. The molecule has 2 aromatic rings. The van der Waals surface area contributed by atoms with Gasteiger partial charge in [0, 0.05) is 31.2 Å².